The number of nitrogen functional groups attached to an aromatic ring is 1. The molecule has 0 unspecified atom stereocenters. The number of halogens is 1. The molecule has 0 amide bonds. The van der Waals surface area contributed by atoms with Crippen LogP contribution in [0.25, 0.3) is 5.69 Å². The van der Waals surface area contributed by atoms with Crippen LogP contribution >= 0.6 is 0 Å². The molecular weight excluding hydrogens is 181 g/mol. The molecule has 0 saturated heterocycles. The van der Waals surface area contributed by atoms with Gasteiger partial charge >= 0.3 is 0 Å². The van der Waals surface area contributed by atoms with E-state index < -0.39 is 0 Å². The third kappa shape index (κ3) is 1.59. The molecule has 1 heterocycles. The lowest BCUT2D eigenvalue weighted by Gasteiger charge is -2.03. The fraction of sp³-hybridized carbons (Fsp3) is 0.100. The number of rotatable bonds is 1. The van der Waals surface area contributed by atoms with Gasteiger partial charge in [0.05, 0.1) is 17.7 Å². The Balaban J connectivity index is 2.51. The third-order valence-electron chi connectivity index (χ3n) is 1.91. The number of nitrogens with two attached hydrogens (primary N) is 1. The van der Waals surface area contributed by atoms with Gasteiger partial charge in [-0.1, -0.05) is 0 Å². The molecule has 4 heteroatoms. The summed E-state index contributed by atoms with van der Waals surface area (Å²) in [6.45, 7) is 1.87. The molecule has 0 atom stereocenters. The Labute approximate surface area is 81.0 Å². The Hall–Kier alpha value is -1.84. The second kappa shape index (κ2) is 3.14. The molecule has 2 rings (SSSR count). The SMILES string of the molecule is Cc1cn(-c2cc(N)cc(F)c2)cn1. The normalized spacial score (nSPS) is 10.4. The molecule has 1 aromatic carbocycles. The monoisotopic (exact) mass is 191 g/mol. The first-order chi connectivity index (χ1) is 6.65. The summed E-state index contributed by atoms with van der Waals surface area (Å²) in [5.74, 6) is -0.341. The maximum Gasteiger partial charge on any atom is 0.127 e. The Bertz CT molecular complexity index is 442. The van der Waals surface area contributed by atoms with Crippen molar-refractivity contribution >= 4 is 5.69 Å². The lowest BCUT2D eigenvalue weighted by atomic mass is 10.2. The van der Waals surface area contributed by atoms with E-state index in [1.54, 1.807) is 17.0 Å². The van der Waals surface area contributed by atoms with E-state index in [9.17, 15) is 4.39 Å². The van der Waals surface area contributed by atoms with Crippen molar-refractivity contribution in [1.29, 1.82) is 0 Å². The van der Waals surface area contributed by atoms with Crippen molar-refractivity contribution in [3.63, 3.8) is 0 Å². The van der Waals surface area contributed by atoms with E-state index in [1.807, 2.05) is 13.1 Å². The zero-order valence-electron chi connectivity index (χ0n) is 7.74. The van der Waals surface area contributed by atoms with Gasteiger partial charge in [-0.3, -0.25) is 0 Å². The molecule has 3 nitrogen and oxygen atoms in total. The minimum atomic E-state index is -0.341. The smallest absolute Gasteiger partial charge is 0.127 e. The van der Waals surface area contributed by atoms with Crippen LogP contribution in [-0.2, 0) is 0 Å². The van der Waals surface area contributed by atoms with Gasteiger partial charge in [-0.2, -0.15) is 0 Å². The predicted octanol–water partition coefficient (Wildman–Crippen LogP) is 1.90. The predicted molar refractivity (Wildman–Crippen MR) is 52.7 cm³/mol. The van der Waals surface area contributed by atoms with Gasteiger partial charge in [0, 0.05) is 11.9 Å². The first-order valence-corrected chi connectivity index (χ1v) is 4.22. The van der Waals surface area contributed by atoms with E-state index in [-0.39, 0.29) is 5.82 Å². The number of imidazole rings is 1. The lowest BCUT2D eigenvalue weighted by Crippen LogP contribution is -1.94. The highest BCUT2D eigenvalue weighted by Crippen LogP contribution is 2.15. The quantitative estimate of drug-likeness (QED) is 0.699. The first-order valence-electron chi connectivity index (χ1n) is 4.22. The van der Waals surface area contributed by atoms with Crippen molar-refractivity contribution in [1.82, 2.24) is 9.55 Å². The summed E-state index contributed by atoms with van der Waals surface area (Å²) in [4.78, 5) is 4.05. The molecule has 1 aromatic heterocycles. The van der Waals surface area contributed by atoms with Crippen LogP contribution in [0.3, 0.4) is 0 Å². The number of benzene rings is 1. The van der Waals surface area contributed by atoms with Crippen LogP contribution in [-0.4, -0.2) is 9.55 Å². The van der Waals surface area contributed by atoms with Crippen molar-refractivity contribution in [3.8, 4) is 5.69 Å². The molecule has 0 radical (unpaired) electrons. The van der Waals surface area contributed by atoms with E-state index in [4.69, 9.17) is 5.73 Å². The molecule has 0 aliphatic carbocycles. The highest BCUT2D eigenvalue weighted by Gasteiger charge is 2.01. The van der Waals surface area contributed by atoms with Gasteiger partial charge in [-0.05, 0) is 25.1 Å². The van der Waals surface area contributed by atoms with E-state index in [0.29, 0.717) is 11.4 Å². The van der Waals surface area contributed by atoms with Crippen molar-refractivity contribution in [2.75, 3.05) is 5.73 Å². The number of hydrogen-bond acceptors (Lipinski definition) is 2. The van der Waals surface area contributed by atoms with Crippen molar-refractivity contribution in [2.24, 2.45) is 0 Å². The van der Waals surface area contributed by atoms with Crippen LogP contribution in [0.5, 0.6) is 0 Å². The topological polar surface area (TPSA) is 43.8 Å². The second-order valence-electron chi connectivity index (χ2n) is 3.17. The number of nitrogens with zero attached hydrogens (tertiary/aromatic N) is 2. The lowest BCUT2D eigenvalue weighted by molar-refractivity contribution is 0.627. The molecule has 0 fully saturated rings. The Morgan fingerprint density at radius 2 is 2.14 bits per heavy atom. The Morgan fingerprint density at radius 3 is 2.71 bits per heavy atom. The van der Waals surface area contributed by atoms with Crippen LogP contribution in [0.4, 0.5) is 10.1 Å². The average molecular weight is 191 g/mol. The summed E-state index contributed by atoms with van der Waals surface area (Å²) in [6, 6.07) is 4.40. The standard InChI is InChI=1S/C10H10FN3/c1-7-5-14(6-13-7)10-3-8(11)2-9(12)4-10/h2-6H,12H2,1H3. The summed E-state index contributed by atoms with van der Waals surface area (Å²) in [5.41, 5.74) is 7.50. The van der Waals surface area contributed by atoms with E-state index in [2.05, 4.69) is 4.98 Å². The van der Waals surface area contributed by atoms with Crippen LogP contribution < -0.4 is 5.73 Å². The maximum absolute atomic E-state index is 13.0. The molecule has 0 saturated carbocycles. The van der Waals surface area contributed by atoms with Crippen LogP contribution in [0, 0.1) is 12.7 Å². The number of aromatic nitrogens is 2. The van der Waals surface area contributed by atoms with Crippen LogP contribution in [0.2, 0.25) is 0 Å². The van der Waals surface area contributed by atoms with Gasteiger partial charge in [0.25, 0.3) is 0 Å². The highest BCUT2D eigenvalue weighted by molar-refractivity contribution is 5.48. The summed E-state index contributed by atoms with van der Waals surface area (Å²) in [6.07, 6.45) is 3.44. The summed E-state index contributed by atoms with van der Waals surface area (Å²) >= 11 is 0. The van der Waals surface area contributed by atoms with Gasteiger partial charge in [-0.25, -0.2) is 9.37 Å². The molecule has 72 valence electrons. The van der Waals surface area contributed by atoms with E-state index >= 15 is 0 Å². The van der Waals surface area contributed by atoms with Crippen molar-refractivity contribution in [2.45, 2.75) is 6.92 Å². The largest absolute Gasteiger partial charge is 0.399 e. The first kappa shape index (κ1) is 8.74. The molecule has 0 bridgehead atoms. The zero-order valence-corrected chi connectivity index (χ0v) is 7.74. The molecule has 14 heavy (non-hydrogen) atoms. The number of aryl methyl sites for hydroxylation is 1. The fourth-order valence-corrected chi connectivity index (χ4v) is 1.31. The number of anilines is 1. The molecule has 2 aromatic rings. The Morgan fingerprint density at radius 1 is 1.36 bits per heavy atom. The van der Waals surface area contributed by atoms with Crippen LogP contribution in [0.1, 0.15) is 5.69 Å². The molecule has 0 spiro atoms. The van der Waals surface area contributed by atoms with E-state index in [1.165, 1.54) is 12.1 Å². The number of hydrogen-bond donors (Lipinski definition) is 1. The summed E-state index contributed by atoms with van der Waals surface area (Å²) in [5, 5.41) is 0. The van der Waals surface area contributed by atoms with Gasteiger partial charge in [0.2, 0.25) is 0 Å². The molecule has 2 N–H and O–H groups in total. The molecule has 0 aliphatic heterocycles. The minimum absolute atomic E-state index is 0.341. The van der Waals surface area contributed by atoms with Gasteiger partial charge in [-0.15, -0.1) is 0 Å². The molecule has 0 aliphatic rings. The summed E-state index contributed by atoms with van der Waals surface area (Å²) in [7, 11) is 0. The summed E-state index contributed by atoms with van der Waals surface area (Å²) < 4.78 is 14.7. The van der Waals surface area contributed by atoms with Gasteiger partial charge < -0.3 is 10.3 Å². The maximum atomic E-state index is 13.0. The third-order valence-corrected chi connectivity index (χ3v) is 1.91. The van der Waals surface area contributed by atoms with Gasteiger partial charge in [0.1, 0.15) is 5.82 Å². The minimum Gasteiger partial charge on any atom is -0.399 e. The average Bonchev–Trinajstić information content (AvgIpc) is 2.50. The fourth-order valence-electron chi connectivity index (χ4n) is 1.31. The van der Waals surface area contributed by atoms with Crippen molar-refractivity contribution in [3.05, 3.63) is 42.2 Å². The highest BCUT2D eigenvalue weighted by atomic mass is 19.1. The van der Waals surface area contributed by atoms with E-state index in [0.717, 1.165) is 5.69 Å². The van der Waals surface area contributed by atoms with Gasteiger partial charge in [0.15, 0.2) is 0 Å². The molecular formula is C10H10FN3. The zero-order chi connectivity index (χ0) is 10.1. The van der Waals surface area contributed by atoms with Crippen LogP contribution in [0.15, 0.2) is 30.7 Å². The second-order valence-corrected chi connectivity index (χ2v) is 3.17. The Kier molecular flexibility index (Phi) is 1.96. The van der Waals surface area contributed by atoms with Crippen molar-refractivity contribution < 1.29 is 4.39 Å².